The van der Waals surface area contributed by atoms with Crippen LogP contribution < -0.4 is 16.9 Å². The highest BCUT2D eigenvalue weighted by molar-refractivity contribution is 7.18. The van der Waals surface area contributed by atoms with Gasteiger partial charge in [-0.3, -0.25) is 18.9 Å². The molecule has 0 atom stereocenters. The number of H-pyrrole nitrogens is 1. The Bertz CT molecular complexity index is 1180. The summed E-state index contributed by atoms with van der Waals surface area (Å²) >= 11 is 1.06. The van der Waals surface area contributed by atoms with Crippen LogP contribution in [-0.4, -0.2) is 43.8 Å². The summed E-state index contributed by atoms with van der Waals surface area (Å²) in [5.74, 6) is 0. The lowest BCUT2D eigenvalue weighted by atomic mass is 10.2. The maximum absolute atomic E-state index is 12.9. The Morgan fingerprint density at radius 1 is 1.25 bits per heavy atom. The second-order valence-electron chi connectivity index (χ2n) is 6.02. The van der Waals surface area contributed by atoms with Gasteiger partial charge in [-0.15, -0.1) is 11.3 Å². The minimum atomic E-state index is -4.73. The molecule has 1 N–H and O–H groups in total. The average molecular weight is 419 g/mol. The lowest BCUT2D eigenvalue weighted by Gasteiger charge is -2.13. The number of alkyl halides is 3. The first kappa shape index (κ1) is 20.1. The van der Waals surface area contributed by atoms with Gasteiger partial charge in [-0.2, -0.15) is 18.3 Å². The summed E-state index contributed by atoms with van der Waals surface area (Å²) in [5, 5.41) is 3.85. The summed E-state index contributed by atoms with van der Waals surface area (Å²) in [5.41, 5.74) is -2.14. The number of fused-ring (bicyclic) bond motifs is 1. The van der Waals surface area contributed by atoms with Crippen LogP contribution in [0, 0.1) is 6.92 Å². The number of nitrogens with one attached hydrogen (secondary N) is 1. The SMILES string of the molecule is COCCn1c(=O)n(CC(F)(F)F)c(=O)c2c(C)c(Cn3nc[nH]c3=O)sc21. The zero-order chi connectivity index (χ0) is 20.6. The van der Waals surface area contributed by atoms with Gasteiger partial charge in [0.25, 0.3) is 5.56 Å². The number of thiophene rings is 1. The fraction of sp³-hybridized carbons (Fsp3) is 0.467. The van der Waals surface area contributed by atoms with Crippen LogP contribution >= 0.6 is 11.3 Å². The van der Waals surface area contributed by atoms with E-state index in [4.69, 9.17) is 4.74 Å². The van der Waals surface area contributed by atoms with Crippen molar-refractivity contribution in [1.82, 2.24) is 23.9 Å². The number of hydrogen-bond acceptors (Lipinski definition) is 6. The number of aromatic amines is 1. The van der Waals surface area contributed by atoms with E-state index in [0.717, 1.165) is 20.6 Å². The van der Waals surface area contributed by atoms with Crippen molar-refractivity contribution >= 4 is 21.6 Å². The van der Waals surface area contributed by atoms with Crippen LogP contribution in [0.2, 0.25) is 0 Å². The van der Waals surface area contributed by atoms with E-state index in [-0.39, 0.29) is 34.5 Å². The predicted molar refractivity (Wildman–Crippen MR) is 95.0 cm³/mol. The van der Waals surface area contributed by atoms with Gasteiger partial charge in [0.15, 0.2) is 0 Å². The van der Waals surface area contributed by atoms with E-state index in [9.17, 15) is 27.6 Å². The quantitative estimate of drug-likeness (QED) is 0.633. The first-order chi connectivity index (χ1) is 13.1. The number of aryl methyl sites for hydroxylation is 1. The van der Waals surface area contributed by atoms with Crippen LogP contribution in [0.15, 0.2) is 20.7 Å². The first-order valence-corrected chi connectivity index (χ1v) is 8.87. The van der Waals surface area contributed by atoms with Gasteiger partial charge in [0.05, 0.1) is 25.1 Å². The highest BCUT2D eigenvalue weighted by Crippen LogP contribution is 2.28. The molecule has 0 saturated heterocycles. The molecule has 9 nitrogen and oxygen atoms in total. The van der Waals surface area contributed by atoms with Crippen molar-refractivity contribution in [2.24, 2.45) is 0 Å². The topological polar surface area (TPSA) is 104 Å². The lowest BCUT2D eigenvalue weighted by Crippen LogP contribution is -2.43. The Morgan fingerprint density at radius 3 is 2.54 bits per heavy atom. The molecule has 3 rings (SSSR count). The van der Waals surface area contributed by atoms with Crippen LogP contribution in [-0.2, 0) is 24.4 Å². The number of methoxy groups -OCH3 is 1. The molecule has 0 saturated carbocycles. The summed E-state index contributed by atoms with van der Waals surface area (Å²) in [6.45, 7) is -0.0475. The maximum atomic E-state index is 12.9. The largest absolute Gasteiger partial charge is 0.406 e. The highest BCUT2D eigenvalue weighted by Gasteiger charge is 2.31. The standard InChI is InChI=1S/C15H16F3N5O4S/c1-8-9(5-23-13(25)19-7-20-23)28-12-10(8)11(24)22(6-15(16,17)18)14(26)21(12)3-4-27-2/h7H,3-6H2,1-2H3,(H,19,20,25). The second kappa shape index (κ2) is 7.39. The van der Waals surface area contributed by atoms with Crippen LogP contribution in [0.25, 0.3) is 10.2 Å². The average Bonchev–Trinajstić information content (AvgIpc) is 3.15. The molecule has 0 unspecified atom stereocenters. The minimum absolute atomic E-state index is 0.0172. The van der Waals surface area contributed by atoms with Crippen molar-refractivity contribution in [2.45, 2.75) is 32.7 Å². The number of aromatic nitrogens is 5. The molecule has 28 heavy (non-hydrogen) atoms. The van der Waals surface area contributed by atoms with E-state index in [1.54, 1.807) is 6.92 Å². The van der Waals surface area contributed by atoms with E-state index in [2.05, 4.69) is 10.1 Å². The normalized spacial score (nSPS) is 12.2. The Balaban J connectivity index is 2.26. The molecule has 0 spiro atoms. The Kier molecular flexibility index (Phi) is 5.30. The van der Waals surface area contributed by atoms with E-state index in [1.165, 1.54) is 13.4 Å². The Hall–Kier alpha value is -2.67. The van der Waals surface area contributed by atoms with Gasteiger partial charge in [0, 0.05) is 12.0 Å². The zero-order valence-electron chi connectivity index (χ0n) is 14.9. The van der Waals surface area contributed by atoms with Crippen molar-refractivity contribution in [2.75, 3.05) is 13.7 Å². The van der Waals surface area contributed by atoms with Crippen LogP contribution in [0.3, 0.4) is 0 Å². The van der Waals surface area contributed by atoms with Crippen molar-refractivity contribution in [3.63, 3.8) is 0 Å². The van der Waals surface area contributed by atoms with Gasteiger partial charge in [-0.1, -0.05) is 0 Å². The van der Waals surface area contributed by atoms with Crippen LogP contribution in [0.4, 0.5) is 13.2 Å². The number of nitrogens with zero attached hydrogens (tertiary/aromatic N) is 4. The lowest BCUT2D eigenvalue weighted by molar-refractivity contribution is -0.141. The van der Waals surface area contributed by atoms with Gasteiger partial charge in [-0.05, 0) is 12.5 Å². The highest BCUT2D eigenvalue weighted by atomic mass is 32.1. The molecule has 0 aromatic carbocycles. The predicted octanol–water partition coefficient (Wildman–Crippen LogP) is 0.675. The molecule has 0 aliphatic rings. The smallest absolute Gasteiger partial charge is 0.383 e. The van der Waals surface area contributed by atoms with E-state index < -0.39 is 29.7 Å². The van der Waals surface area contributed by atoms with Crippen molar-refractivity contribution in [3.8, 4) is 0 Å². The molecule has 0 fully saturated rings. The number of rotatable bonds is 6. The third-order valence-corrected chi connectivity index (χ3v) is 5.46. The van der Waals surface area contributed by atoms with E-state index in [0.29, 0.717) is 10.4 Å². The summed E-state index contributed by atoms with van der Waals surface area (Å²) < 4.78 is 46.1. The number of ether oxygens (including phenoxy) is 1. The second-order valence-corrected chi connectivity index (χ2v) is 7.10. The molecular formula is C15H16F3N5O4S. The molecule has 13 heteroatoms. The molecule has 0 amide bonds. The summed E-state index contributed by atoms with van der Waals surface area (Å²) in [6, 6.07) is 0. The molecule has 0 radical (unpaired) electrons. The third kappa shape index (κ3) is 3.67. The Labute approximate surface area is 158 Å². The molecule has 0 aliphatic carbocycles. The number of halogens is 3. The molecular weight excluding hydrogens is 403 g/mol. The monoisotopic (exact) mass is 419 g/mol. The molecule has 3 aromatic heterocycles. The molecule has 3 heterocycles. The van der Waals surface area contributed by atoms with E-state index in [1.807, 2.05) is 0 Å². The fourth-order valence-electron chi connectivity index (χ4n) is 2.82. The van der Waals surface area contributed by atoms with Gasteiger partial charge in [0.1, 0.15) is 17.7 Å². The zero-order valence-corrected chi connectivity index (χ0v) is 15.7. The van der Waals surface area contributed by atoms with Crippen LogP contribution in [0.1, 0.15) is 10.4 Å². The molecule has 0 aliphatic heterocycles. The Morgan fingerprint density at radius 2 is 1.96 bits per heavy atom. The maximum Gasteiger partial charge on any atom is 0.406 e. The molecule has 0 bridgehead atoms. The van der Waals surface area contributed by atoms with Crippen LogP contribution in [0.5, 0.6) is 0 Å². The molecule has 152 valence electrons. The molecule has 3 aromatic rings. The van der Waals surface area contributed by atoms with Gasteiger partial charge >= 0.3 is 17.6 Å². The fourth-order valence-corrected chi connectivity index (χ4v) is 4.12. The summed E-state index contributed by atoms with van der Waals surface area (Å²) in [6.07, 6.45) is -3.53. The number of hydrogen-bond donors (Lipinski definition) is 1. The van der Waals surface area contributed by atoms with Gasteiger partial charge in [0.2, 0.25) is 0 Å². The minimum Gasteiger partial charge on any atom is -0.383 e. The van der Waals surface area contributed by atoms with Gasteiger partial charge in [-0.25, -0.2) is 14.3 Å². The van der Waals surface area contributed by atoms with E-state index >= 15 is 0 Å². The third-order valence-electron chi connectivity index (χ3n) is 4.16. The van der Waals surface area contributed by atoms with Gasteiger partial charge < -0.3 is 4.74 Å². The summed E-state index contributed by atoms with van der Waals surface area (Å²) in [4.78, 5) is 40.1. The van der Waals surface area contributed by atoms with Crippen molar-refractivity contribution in [3.05, 3.63) is 48.1 Å². The van der Waals surface area contributed by atoms with Crippen molar-refractivity contribution in [1.29, 1.82) is 0 Å². The first-order valence-electron chi connectivity index (χ1n) is 8.06. The summed E-state index contributed by atoms with van der Waals surface area (Å²) in [7, 11) is 1.39. The van der Waals surface area contributed by atoms with Crippen molar-refractivity contribution < 1.29 is 17.9 Å².